The molecule has 1 aromatic carbocycles. The molecule has 0 saturated carbocycles. The lowest BCUT2D eigenvalue weighted by Gasteiger charge is -2.33. The smallest absolute Gasteiger partial charge is 0.208 e. The van der Waals surface area contributed by atoms with Gasteiger partial charge in [-0.1, -0.05) is 44.2 Å². The predicted molar refractivity (Wildman–Crippen MR) is 109 cm³/mol. The van der Waals surface area contributed by atoms with Crippen LogP contribution in [0.3, 0.4) is 0 Å². The molecule has 0 radical (unpaired) electrons. The summed E-state index contributed by atoms with van der Waals surface area (Å²) >= 11 is 1.73. The van der Waals surface area contributed by atoms with Crippen molar-refractivity contribution in [2.24, 2.45) is 0 Å². The van der Waals surface area contributed by atoms with E-state index in [4.69, 9.17) is 9.40 Å². The van der Waals surface area contributed by atoms with Gasteiger partial charge >= 0.3 is 0 Å². The Labute approximate surface area is 164 Å². The molecule has 0 bridgehead atoms. The normalized spacial score (nSPS) is 16.3. The Hall–Kier alpha value is -2.02. The monoisotopic (exact) mass is 382 g/mol. The second kappa shape index (κ2) is 8.33. The van der Waals surface area contributed by atoms with Crippen molar-refractivity contribution in [2.75, 3.05) is 26.2 Å². The first kappa shape index (κ1) is 18.3. The van der Waals surface area contributed by atoms with Crippen LogP contribution in [0.15, 0.2) is 46.3 Å². The number of oxazole rings is 1. The van der Waals surface area contributed by atoms with E-state index < -0.39 is 0 Å². The van der Waals surface area contributed by atoms with Crippen LogP contribution in [0.25, 0.3) is 10.6 Å². The zero-order chi connectivity index (χ0) is 18.6. The lowest BCUT2D eigenvalue weighted by atomic mass is 10.2. The summed E-state index contributed by atoms with van der Waals surface area (Å²) in [6, 6.07) is 10.4. The summed E-state index contributed by atoms with van der Waals surface area (Å²) in [6.07, 6.45) is 1.86. The van der Waals surface area contributed by atoms with Gasteiger partial charge < -0.3 is 4.42 Å². The lowest BCUT2D eigenvalue weighted by Crippen LogP contribution is -2.45. The molecule has 1 saturated heterocycles. The molecule has 0 N–H and O–H groups in total. The first-order chi connectivity index (χ1) is 13.2. The van der Waals surface area contributed by atoms with Gasteiger partial charge in [0, 0.05) is 49.6 Å². The fourth-order valence-corrected chi connectivity index (χ4v) is 4.10. The fraction of sp³-hybridized carbons (Fsp3) is 0.429. The molecule has 1 aliphatic heterocycles. The van der Waals surface area contributed by atoms with E-state index in [9.17, 15) is 0 Å². The third kappa shape index (κ3) is 4.64. The van der Waals surface area contributed by atoms with E-state index in [1.807, 2.05) is 12.3 Å². The van der Waals surface area contributed by atoms with Gasteiger partial charge in [0.25, 0.3) is 0 Å². The fourth-order valence-electron chi connectivity index (χ4n) is 3.28. The molecule has 27 heavy (non-hydrogen) atoms. The van der Waals surface area contributed by atoms with Crippen molar-refractivity contribution in [3.05, 3.63) is 59.3 Å². The van der Waals surface area contributed by atoms with Crippen LogP contribution in [-0.2, 0) is 13.1 Å². The number of aromatic nitrogens is 2. The van der Waals surface area contributed by atoms with Crippen LogP contribution in [0.1, 0.15) is 37.1 Å². The van der Waals surface area contributed by atoms with Gasteiger partial charge in [-0.2, -0.15) is 0 Å². The second-order valence-corrected chi connectivity index (χ2v) is 8.23. The van der Waals surface area contributed by atoms with Gasteiger partial charge in [-0.15, -0.1) is 11.3 Å². The Morgan fingerprint density at radius 2 is 1.74 bits per heavy atom. The average molecular weight is 383 g/mol. The van der Waals surface area contributed by atoms with E-state index in [1.54, 1.807) is 11.3 Å². The van der Waals surface area contributed by atoms with Gasteiger partial charge in [0.2, 0.25) is 5.89 Å². The minimum Gasteiger partial charge on any atom is -0.444 e. The maximum absolute atomic E-state index is 5.84. The predicted octanol–water partition coefficient (Wildman–Crippen LogP) is 4.24. The minimum absolute atomic E-state index is 0.391. The van der Waals surface area contributed by atoms with Crippen LogP contribution < -0.4 is 0 Å². The second-order valence-electron chi connectivity index (χ2n) is 7.37. The number of hydrogen-bond acceptors (Lipinski definition) is 6. The van der Waals surface area contributed by atoms with E-state index >= 15 is 0 Å². The molecular weight excluding hydrogens is 356 g/mol. The van der Waals surface area contributed by atoms with Crippen LogP contribution in [-0.4, -0.2) is 45.9 Å². The minimum atomic E-state index is 0.391. The number of benzene rings is 1. The van der Waals surface area contributed by atoms with Crippen molar-refractivity contribution in [3.8, 4) is 10.6 Å². The Balaban J connectivity index is 1.27. The van der Waals surface area contributed by atoms with Crippen molar-refractivity contribution in [1.29, 1.82) is 0 Å². The highest BCUT2D eigenvalue weighted by Crippen LogP contribution is 2.24. The van der Waals surface area contributed by atoms with Crippen molar-refractivity contribution < 1.29 is 4.42 Å². The molecule has 1 aliphatic rings. The molecule has 5 nitrogen and oxygen atoms in total. The van der Waals surface area contributed by atoms with Gasteiger partial charge in [-0.3, -0.25) is 9.80 Å². The topological polar surface area (TPSA) is 45.4 Å². The van der Waals surface area contributed by atoms with E-state index in [0.717, 1.165) is 55.9 Å². The molecule has 0 aliphatic carbocycles. The summed E-state index contributed by atoms with van der Waals surface area (Å²) in [6.45, 7) is 10.2. The number of piperazine rings is 1. The van der Waals surface area contributed by atoms with Gasteiger partial charge in [0.15, 0.2) is 0 Å². The maximum atomic E-state index is 5.84. The Morgan fingerprint density at radius 3 is 2.41 bits per heavy atom. The molecule has 0 amide bonds. The third-order valence-electron chi connectivity index (χ3n) is 4.92. The SMILES string of the molecule is CC(C)c1cnc(CN2CCN(Cc3csc(-c4ccccc4)n3)CC2)o1. The summed E-state index contributed by atoms with van der Waals surface area (Å²) in [4.78, 5) is 14.1. The quantitative estimate of drug-likeness (QED) is 0.638. The molecule has 3 aromatic rings. The number of hydrogen-bond donors (Lipinski definition) is 0. The maximum Gasteiger partial charge on any atom is 0.208 e. The highest BCUT2D eigenvalue weighted by Gasteiger charge is 2.20. The summed E-state index contributed by atoms with van der Waals surface area (Å²) in [7, 11) is 0. The lowest BCUT2D eigenvalue weighted by molar-refractivity contribution is 0.113. The number of rotatable bonds is 6. The molecule has 0 spiro atoms. The summed E-state index contributed by atoms with van der Waals surface area (Å²) in [5.74, 6) is 2.20. The molecule has 0 atom stereocenters. The van der Waals surface area contributed by atoms with Crippen LogP contribution in [0.2, 0.25) is 0 Å². The molecule has 4 rings (SSSR count). The van der Waals surface area contributed by atoms with E-state index in [-0.39, 0.29) is 0 Å². The largest absolute Gasteiger partial charge is 0.444 e. The number of nitrogens with zero attached hydrogens (tertiary/aromatic N) is 4. The highest BCUT2D eigenvalue weighted by atomic mass is 32.1. The molecule has 1 fully saturated rings. The van der Waals surface area contributed by atoms with Crippen LogP contribution in [0, 0.1) is 0 Å². The van der Waals surface area contributed by atoms with Gasteiger partial charge in [0.1, 0.15) is 10.8 Å². The first-order valence-electron chi connectivity index (χ1n) is 9.56. The van der Waals surface area contributed by atoms with E-state index in [0.29, 0.717) is 5.92 Å². The number of thiazole rings is 1. The van der Waals surface area contributed by atoms with Crippen molar-refractivity contribution >= 4 is 11.3 Å². The van der Waals surface area contributed by atoms with Gasteiger partial charge in [0.05, 0.1) is 18.4 Å². The van der Waals surface area contributed by atoms with E-state index in [1.165, 1.54) is 11.3 Å². The average Bonchev–Trinajstić information content (AvgIpc) is 3.34. The van der Waals surface area contributed by atoms with E-state index in [2.05, 4.69) is 58.3 Å². The molecular formula is C21H26N4OS. The first-order valence-corrected chi connectivity index (χ1v) is 10.4. The van der Waals surface area contributed by atoms with Crippen LogP contribution in [0.5, 0.6) is 0 Å². The molecule has 3 heterocycles. The van der Waals surface area contributed by atoms with Gasteiger partial charge in [-0.25, -0.2) is 9.97 Å². The van der Waals surface area contributed by atoms with Crippen molar-refractivity contribution in [2.45, 2.75) is 32.9 Å². The zero-order valence-corrected chi connectivity index (χ0v) is 16.8. The standard InChI is InChI=1S/C21H26N4OS/c1-16(2)19-12-22-20(26-19)14-25-10-8-24(9-11-25)13-18-15-27-21(23-18)17-6-4-3-5-7-17/h3-7,12,15-16H,8-11,13-14H2,1-2H3. The molecule has 142 valence electrons. The highest BCUT2D eigenvalue weighted by molar-refractivity contribution is 7.13. The van der Waals surface area contributed by atoms with Crippen molar-refractivity contribution in [3.63, 3.8) is 0 Å². The van der Waals surface area contributed by atoms with Crippen LogP contribution >= 0.6 is 11.3 Å². The Kier molecular flexibility index (Phi) is 5.66. The zero-order valence-electron chi connectivity index (χ0n) is 16.0. The Morgan fingerprint density at radius 1 is 1.04 bits per heavy atom. The summed E-state index contributed by atoms with van der Waals surface area (Å²) in [5, 5.41) is 3.30. The Bertz CT molecular complexity index is 850. The molecule has 2 aromatic heterocycles. The molecule has 0 unspecified atom stereocenters. The van der Waals surface area contributed by atoms with Crippen LogP contribution in [0.4, 0.5) is 0 Å². The summed E-state index contributed by atoms with van der Waals surface area (Å²) < 4.78 is 5.84. The summed E-state index contributed by atoms with van der Waals surface area (Å²) in [5.41, 5.74) is 2.37. The van der Waals surface area contributed by atoms with Gasteiger partial charge in [-0.05, 0) is 0 Å². The van der Waals surface area contributed by atoms with Crippen molar-refractivity contribution in [1.82, 2.24) is 19.8 Å². The third-order valence-corrected chi connectivity index (χ3v) is 5.86. The molecule has 6 heteroatoms.